The first-order chi connectivity index (χ1) is 8.63. The number of aromatic nitrogens is 3. The van der Waals surface area contributed by atoms with Gasteiger partial charge >= 0.3 is 0 Å². The summed E-state index contributed by atoms with van der Waals surface area (Å²) in [6, 6.07) is 0.561. The highest BCUT2D eigenvalue weighted by atomic mass is 16.5. The Balaban J connectivity index is 2.04. The lowest BCUT2D eigenvalue weighted by molar-refractivity contribution is 0.140. The molecule has 102 valence electrons. The molecule has 0 saturated heterocycles. The Hall–Kier alpha value is -0.940. The summed E-state index contributed by atoms with van der Waals surface area (Å²) >= 11 is 0. The van der Waals surface area contributed by atoms with Gasteiger partial charge in [-0.1, -0.05) is 13.8 Å². The Kier molecular flexibility index (Phi) is 4.35. The first kappa shape index (κ1) is 13.5. The standard InChI is InChI=1S/C13H24N4O/c1-9(2)11(8-18-4)14-10(3)13-16-15-12-6-5-7-17(12)13/h9-11,14H,5-8H2,1-4H3. The van der Waals surface area contributed by atoms with Gasteiger partial charge in [-0.05, 0) is 19.3 Å². The number of rotatable bonds is 6. The van der Waals surface area contributed by atoms with Crippen LogP contribution in [0.1, 0.15) is 44.9 Å². The van der Waals surface area contributed by atoms with Crippen molar-refractivity contribution in [3.63, 3.8) is 0 Å². The molecule has 1 aliphatic rings. The Morgan fingerprint density at radius 3 is 2.78 bits per heavy atom. The Morgan fingerprint density at radius 1 is 1.33 bits per heavy atom. The summed E-state index contributed by atoms with van der Waals surface area (Å²) in [5.74, 6) is 2.73. The van der Waals surface area contributed by atoms with Crippen molar-refractivity contribution in [2.45, 2.75) is 52.2 Å². The van der Waals surface area contributed by atoms with Gasteiger partial charge in [-0.3, -0.25) is 0 Å². The lowest BCUT2D eigenvalue weighted by Gasteiger charge is -2.25. The molecule has 0 spiro atoms. The smallest absolute Gasteiger partial charge is 0.149 e. The molecule has 0 aliphatic carbocycles. The van der Waals surface area contributed by atoms with Crippen molar-refractivity contribution in [2.24, 2.45) is 5.92 Å². The van der Waals surface area contributed by atoms with Crippen LogP contribution in [0, 0.1) is 5.92 Å². The number of ether oxygens (including phenoxy) is 1. The average Bonchev–Trinajstić information content (AvgIpc) is 2.89. The number of methoxy groups -OCH3 is 1. The van der Waals surface area contributed by atoms with Gasteiger partial charge in [-0.25, -0.2) is 0 Å². The molecule has 5 heteroatoms. The van der Waals surface area contributed by atoms with E-state index in [-0.39, 0.29) is 6.04 Å². The zero-order valence-corrected chi connectivity index (χ0v) is 11.8. The Bertz CT molecular complexity index is 388. The summed E-state index contributed by atoms with van der Waals surface area (Å²) in [6.07, 6.45) is 2.25. The van der Waals surface area contributed by atoms with E-state index < -0.39 is 0 Å². The number of nitrogens with zero attached hydrogens (tertiary/aromatic N) is 3. The molecule has 1 aromatic rings. The van der Waals surface area contributed by atoms with Crippen molar-refractivity contribution in [3.05, 3.63) is 11.6 Å². The van der Waals surface area contributed by atoms with Crippen LogP contribution < -0.4 is 5.32 Å². The van der Waals surface area contributed by atoms with Gasteiger partial charge in [0.1, 0.15) is 11.6 Å². The molecule has 5 nitrogen and oxygen atoms in total. The molecule has 0 bridgehead atoms. The number of fused-ring (bicyclic) bond motifs is 1. The van der Waals surface area contributed by atoms with Crippen LogP contribution in [-0.2, 0) is 17.7 Å². The van der Waals surface area contributed by atoms with Crippen LogP contribution in [0.4, 0.5) is 0 Å². The maximum absolute atomic E-state index is 5.27. The highest BCUT2D eigenvalue weighted by Gasteiger charge is 2.24. The SMILES string of the molecule is COCC(NC(C)c1nnc2n1CCC2)C(C)C. The van der Waals surface area contributed by atoms with Crippen LogP contribution in [0.5, 0.6) is 0 Å². The zero-order chi connectivity index (χ0) is 13.1. The van der Waals surface area contributed by atoms with Crippen molar-refractivity contribution >= 4 is 0 Å². The van der Waals surface area contributed by atoms with Crippen LogP contribution in [0.3, 0.4) is 0 Å². The van der Waals surface area contributed by atoms with Gasteiger partial charge in [0.2, 0.25) is 0 Å². The van der Waals surface area contributed by atoms with E-state index in [0.717, 1.165) is 31.2 Å². The number of nitrogens with one attached hydrogen (secondary N) is 1. The normalized spacial score (nSPS) is 18.1. The molecule has 2 atom stereocenters. The minimum atomic E-state index is 0.215. The fraction of sp³-hybridized carbons (Fsp3) is 0.846. The summed E-state index contributed by atoms with van der Waals surface area (Å²) < 4.78 is 7.52. The molecule has 2 rings (SSSR count). The molecule has 1 N–H and O–H groups in total. The largest absolute Gasteiger partial charge is 0.383 e. The molecule has 2 heterocycles. The van der Waals surface area contributed by atoms with Crippen LogP contribution in [0.2, 0.25) is 0 Å². The summed E-state index contributed by atoms with van der Waals surface area (Å²) in [7, 11) is 1.75. The van der Waals surface area contributed by atoms with Gasteiger partial charge in [-0.2, -0.15) is 0 Å². The van der Waals surface area contributed by atoms with Gasteiger partial charge in [0.15, 0.2) is 0 Å². The summed E-state index contributed by atoms with van der Waals surface area (Å²) in [5, 5.41) is 12.2. The van der Waals surface area contributed by atoms with E-state index in [1.54, 1.807) is 7.11 Å². The van der Waals surface area contributed by atoms with Crippen LogP contribution >= 0.6 is 0 Å². The molecule has 0 amide bonds. The molecule has 1 aliphatic heterocycles. The second-order valence-corrected chi connectivity index (χ2v) is 5.42. The highest BCUT2D eigenvalue weighted by Crippen LogP contribution is 2.20. The Morgan fingerprint density at radius 2 is 2.11 bits per heavy atom. The van der Waals surface area contributed by atoms with Gasteiger partial charge in [0.05, 0.1) is 12.6 Å². The van der Waals surface area contributed by atoms with E-state index in [2.05, 4.69) is 40.9 Å². The zero-order valence-electron chi connectivity index (χ0n) is 11.8. The monoisotopic (exact) mass is 252 g/mol. The highest BCUT2D eigenvalue weighted by molar-refractivity contribution is 5.04. The van der Waals surface area contributed by atoms with Crippen molar-refractivity contribution in [1.29, 1.82) is 0 Å². The van der Waals surface area contributed by atoms with Crippen molar-refractivity contribution < 1.29 is 4.74 Å². The Labute approximate surface area is 109 Å². The molecular weight excluding hydrogens is 228 g/mol. The molecule has 2 unspecified atom stereocenters. The van der Waals surface area contributed by atoms with Gasteiger partial charge in [0.25, 0.3) is 0 Å². The van der Waals surface area contributed by atoms with Crippen LogP contribution in [-0.4, -0.2) is 34.5 Å². The topological polar surface area (TPSA) is 52.0 Å². The third-order valence-corrected chi connectivity index (χ3v) is 3.64. The van der Waals surface area contributed by atoms with Crippen molar-refractivity contribution in [3.8, 4) is 0 Å². The van der Waals surface area contributed by atoms with Crippen LogP contribution in [0.15, 0.2) is 0 Å². The second kappa shape index (κ2) is 5.80. The van der Waals surface area contributed by atoms with E-state index in [4.69, 9.17) is 4.74 Å². The first-order valence-electron chi connectivity index (χ1n) is 6.80. The summed E-state index contributed by atoms with van der Waals surface area (Å²) in [4.78, 5) is 0. The number of hydrogen-bond acceptors (Lipinski definition) is 4. The minimum absolute atomic E-state index is 0.215. The molecule has 0 fully saturated rings. The van der Waals surface area contributed by atoms with Gasteiger partial charge in [0, 0.05) is 26.1 Å². The summed E-state index contributed by atoms with van der Waals surface area (Å²) in [5.41, 5.74) is 0. The fourth-order valence-electron chi connectivity index (χ4n) is 2.50. The van der Waals surface area contributed by atoms with E-state index in [1.807, 2.05) is 0 Å². The molecule has 1 aromatic heterocycles. The third-order valence-electron chi connectivity index (χ3n) is 3.64. The first-order valence-corrected chi connectivity index (χ1v) is 6.80. The predicted molar refractivity (Wildman–Crippen MR) is 70.4 cm³/mol. The maximum atomic E-state index is 5.27. The number of aryl methyl sites for hydroxylation is 1. The predicted octanol–water partition coefficient (Wildman–Crippen LogP) is 1.55. The van der Waals surface area contributed by atoms with E-state index in [9.17, 15) is 0 Å². The van der Waals surface area contributed by atoms with Crippen LogP contribution in [0.25, 0.3) is 0 Å². The van der Waals surface area contributed by atoms with Gasteiger partial charge < -0.3 is 14.6 Å². The quantitative estimate of drug-likeness (QED) is 0.834. The lowest BCUT2D eigenvalue weighted by atomic mass is 10.0. The third kappa shape index (κ3) is 2.72. The lowest BCUT2D eigenvalue weighted by Crippen LogP contribution is -2.40. The van der Waals surface area contributed by atoms with E-state index >= 15 is 0 Å². The van der Waals surface area contributed by atoms with E-state index in [1.165, 1.54) is 6.42 Å². The van der Waals surface area contributed by atoms with Gasteiger partial charge in [-0.15, -0.1) is 10.2 Å². The maximum Gasteiger partial charge on any atom is 0.149 e. The minimum Gasteiger partial charge on any atom is -0.383 e. The molecule has 18 heavy (non-hydrogen) atoms. The summed E-state index contributed by atoms with van der Waals surface area (Å²) in [6.45, 7) is 8.35. The fourth-order valence-corrected chi connectivity index (χ4v) is 2.50. The number of hydrogen-bond donors (Lipinski definition) is 1. The van der Waals surface area contributed by atoms with Crippen molar-refractivity contribution in [2.75, 3.05) is 13.7 Å². The average molecular weight is 252 g/mol. The van der Waals surface area contributed by atoms with Crippen molar-refractivity contribution in [1.82, 2.24) is 20.1 Å². The molecular formula is C13H24N4O. The van der Waals surface area contributed by atoms with E-state index in [0.29, 0.717) is 12.0 Å². The molecule has 0 aromatic carbocycles. The second-order valence-electron chi connectivity index (χ2n) is 5.42. The molecule has 0 radical (unpaired) electrons. The molecule has 0 saturated carbocycles.